The van der Waals surface area contributed by atoms with Gasteiger partial charge in [0.1, 0.15) is 0 Å². The van der Waals surface area contributed by atoms with Crippen molar-refractivity contribution in [1.29, 1.82) is 0 Å². The molecule has 19 heavy (non-hydrogen) atoms. The van der Waals surface area contributed by atoms with Gasteiger partial charge in [-0.05, 0) is 37.5 Å². The summed E-state index contributed by atoms with van der Waals surface area (Å²) in [6.45, 7) is 4.02. The molecule has 2 unspecified atom stereocenters. The van der Waals surface area contributed by atoms with Crippen LogP contribution in [0, 0.1) is 0 Å². The number of hydrogen-bond acceptors (Lipinski definition) is 2. The Labute approximate surface area is 129 Å². The Kier molecular flexibility index (Phi) is 9.06. The van der Waals surface area contributed by atoms with E-state index in [-0.39, 0.29) is 30.4 Å². The minimum Gasteiger partial charge on any atom is -0.352 e. The SMILES string of the molecule is CCCC(N)C(=O)NC(C)Cc1cccc(Br)c1.Cl. The summed E-state index contributed by atoms with van der Waals surface area (Å²) in [6.07, 6.45) is 2.47. The largest absolute Gasteiger partial charge is 0.352 e. The first kappa shape index (κ1) is 18.4. The highest BCUT2D eigenvalue weighted by molar-refractivity contribution is 9.10. The summed E-state index contributed by atoms with van der Waals surface area (Å²) in [5.41, 5.74) is 6.97. The molecule has 3 nitrogen and oxygen atoms in total. The number of carbonyl (C=O) groups is 1. The molecule has 0 aliphatic carbocycles. The van der Waals surface area contributed by atoms with Gasteiger partial charge in [-0.3, -0.25) is 4.79 Å². The van der Waals surface area contributed by atoms with Crippen molar-refractivity contribution in [3.8, 4) is 0 Å². The highest BCUT2D eigenvalue weighted by Crippen LogP contribution is 2.13. The van der Waals surface area contributed by atoms with Crippen molar-refractivity contribution in [3.63, 3.8) is 0 Å². The molecule has 0 radical (unpaired) electrons. The molecule has 0 bridgehead atoms. The maximum atomic E-state index is 11.8. The van der Waals surface area contributed by atoms with E-state index in [1.165, 1.54) is 5.56 Å². The van der Waals surface area contributed by atoms with Crippen LogP contribution >= 0.6 is 28.3 Å². The zero-order valence-electron chi connectivity index (χ0n) is 11.4. The molecule has 0 saturated carbocycles. The van der Waals surface area contributed by atoms with Crippen molar-refractivity contribution in [3.05, 3.63) is 34.3 Å². The molecule has 0 aromatic heterocycles. The lowest BCUT2D eigenvalue weighted by atomic mass is 10.1. The molecule has 1 aromatic rings. The molecule has 1 rings (SSSR count). The molecule has 0 heterocycles. The van der Waals surface area contributed by atoms with E-state index in [1.54, 1.807) is 0 Å². The van der Waals surface area contributed by atoms with E-state index in [9.17, 15) is 4.79 Å². The highest BCUT2D eigenvalue weighted by Gasteiger charge is 2.14. The third-order valence-corrected chi connectivity index (χ3v) is 3.25. The summed E-state index contributed by atoms with van der Waals surface area (Å²) in [5.74, 6) is -0.0562. The maximum Gasteiger partial charge on any atom is 0.237 e. The van der Waals surface area contributed by atoms with Gasteiger partial charge in [0, 0.05) is 10.5 Å². The predicted octanol–water partition coefficient (Wildman–Crippen LogP) is 3.05. The van der Waals surface area contributed by atoms with Crippen molar-refractivity contribution >= 4 is 34.2 Å². The van der Waals surface area contributed by atoms with E-state index < -0.39 is 0 Å². The summed E-state index contributed by atoms with van der Waals surface area (Å²) >= 11 is 3.44. The number of nitrogens with two attached hydrogens (primary N) is 1. The molecule has 0 spiro atoms. The zero-order valence-corrected chi connectivity index (χ0v) is 13.8. The highest BCUT2D eigenvalue weighted by atomic mass is 79.9. The summed E-state index contributed by atoms with van der Waals surface area (Å²) < 4.78 is 1.06. The Balaban J connectivity index is 0.00000324. The van der Waals surface area contributed by atoms with Crippen LogP contribution in [0.3, 0.4) is 0 Å². The molecule has 0 saturated heterocycles. The van der Waals surface area contributed by atoms with Crippen LogP contribution in [0.4, 0.5) is 0 Å². The monoisotopic (exact) mass is 348 g/mol. The molecule has 108 valence electrons. The zero-order chi connectivity index (χ0) is 13.5. The Bertz CT molecular complexity index is 401. The predicted molar refractivity (Wildman–Crippen MR) is 85.6 cm³/mol. The van der Waals surface area contributed by atoms with Crippen molar-refractivity contribution in [1.82, 2.24) is 5.32 Å². The molecule has 0 aliphatic heterocycles. The van der Waals surface area contributed by atoms with Crippen LogP contribution < -0.4 is 11.1 Å². The second-order valence-electron chi connectivity index (χ2n) is 4.64. The lowest BCUT2D eigenvalue weighted by Gasteiger charge is -2.17. The van der Waals surface area contributed by atoms with Crippen molar-refractivity contribution in [2.45, 2.75) is 45.2 Å². The van der Waals surface area contributed by atoms with Gasteiger partial charge in [-0.1, -0.05) is 41.4 Å². The van der Waals surface area contributed by atoms with Crippen molar-refractivity contribution < 1.29 is 4.79 Å². The lowest BCUT2D eigenvalue weighted by Crippen LogP contribution is -2.45. The number of amides is 1. The number of nitrogens with one attached hydrogen (secondary N) is 1. The average molecular weight is 350 g/mol. The minimum absolute atomic E-state index is 0. The second kappa shape index (κ2) is 9.34. The first-order chi connectivity index (χ1) is 8.52. The van der Waals surface area contributed by atoms with Crippen LogP contribution in [-0.4, -0.2) is 18.0 Å². The quantitative estimate of drug-likeness (QED) is 0.829. The number of benzene rings is 1. The Morgan fingerprint density at radius 3 is 2.74 bits per heavy atom. The third-order valence-electron chi connectivity index (χ3n) is 2.76. The van der Waals surface area contributed by atoms with Crippen molar-refractivity contribution in [2.75, 3.05) is 0 Å². The summed E-state index contributed by atoms with van der Waals surface area (Å²) in [7, 11) is 0. The Morgan fingerprint density at radius 1 is 1.47 bits per heavy atom. The second-order valence-corrected chi connectivity index (χ2v) is 5.55. The normalized spacial score (nSPS) is 13.3. The van der Waals surface area contributed by atoms with Gasteiger partial charge in [-0.2, -0.15) is 0 Å². The average Bonchev–Trinajstić information content (AvgIpc) is 2.28. The molecular formula is C14H22BrClN2O. The summed E-state index contributed by atoms with van der Waals surface area (Å²) in [6, 6.07) is 7.81. The maximum absolute atomic E-state index is 11.8. The fraction of sp³-hybridized carbons (Fsp3) is 0.500. The van der Waals surface area contributed by atoms with Gasteiger partial charge in [-0.15, -0.1) is 12.4 Å². The van der Waals surface area contributed by atoms with Crippen LogP contribution in [0.25, 0.3) is 0 Å². The molecule has 0 fully saturated rings. The van der Waals surface area contributed by atoms with Crippen LogP contribution in [0.1, 0.15) is 32.3 Å². The molecule has 0 aliphatic rings. The van der Waals surface area contributed by atoms with E-state index >= 15 is 0 Å². The fourth-order valence-electron chi connectivity index (χ4n) is 1.86. The van der Waals surface area contributed by atoms with Gasteiger partial charge in [0.05, 0.1) is 6.04 Å². The minimum atomic E-state index is -0.389. The van der Waals surface area contributed by atoms with Crippen LogP contribution in [-0.2, 0) is 11.2 Å². The Morgan fingerprint density at radius 2 is 2.16 bits per heavy atom. The summed E-state index contributed by atoms with van der Waals surface area (Å²) in [4.78, 5) is 11.8. The standard InChI is InChI=1S/C14H21BrN2O.ClH/c1-3-5-13(16)14(18)17-10(2)8-11-6-4-7-12(15)9-11;/h4,6-7,9-10,13H,3,5,8,16H2,1-2H3,(H,17,18);1H. The Hall–Kier alpha value is -0.580. The van der Waals surface area contributed by atoms with Gasteiger partial charge < -0.3 is 11.1 Å². The number of rotatable bonds is 6. The topological polar surface area (TPSA) is 55.1 Å². The van der Waals surface area contributed by atoms with E-state index in [2.05, 4.69) is 33.4 Å². The first-order valence-electron chi connectivity index (χ1n) is 6.33. The van der Waals surface area contributed by atoms with Gasteiger partial charge in [-0.25, -0.2) is 0 Å². The number of hydrogen-bond donors (Lipinski definition) is 2. The molecule has 5 heteroatoms. The first-order valence-corrected chi connectivity index (χ1v) is 7.12. The van der Waals surface area contributed by atoms with Gasteiger partial charge >= 0.3 is 0 Å². The van der Waals surface area contributed by atoms with Crippen LogP contribution in [0.5, 0.6) is 0 Å². The fourth-order valence-corrected chi connectivity index (χ4v) is 2.31. The molecule has 2 atom stereocenters. The van der Waals surface area contributed by atoms with Gasteiger partial charge in [0.25, 0.3) is 0 Å². The number of halogens is 2. The molecule has 1 aromatic carbocycles. The van der Waals surface area contributed by atoms with E-state index in [0.29, 0.717) is 0 Å². The molecule has 3 N–H and O–H groups in total. The van der Waals surface area contributed by atoms with Crippen LogP contribution in [0.15, 0.2) is 28.7 Å². The molecular weight excluding hydrogens is 328 g/mol. The van der Waals surface area contributed by atoms with E-state index in [1.807, 2.05) is 26.0 Å². The third kappa shape index (κ3) is 6.95. The molecule has 1 amide bonds. The van der Waals surface area contributed by atoms with Crippen molar-refractivity contribution in [2.24, 2.45) is 5.73 Å². The number of carbonyl (C=O) groups excluding carboxylic acids is 1. The van der Waals surface area contributed by atoms with Gasteiger partial charge in [0.2, 0.25) is 5.91 Å². The van der Waals surface area contributed by atoms with E-state index in [0.717, 1.165) is 23.7 Å². The lowest BCUT2D eigenvalue weighted by molar-refractivity contribution is -0.123. The van der Waals surface area contributed by atoms with Crippen LogP contribution in [0.2, 0.25) is 0 Å². The summed E-state index contributed by atoms with van der Waals surface area (Å²) in [5, 5.41) is 2.95. The van der Waals surface area contributed by atoms with E-state index in [4.69, 9.17) is 5.73 Å². The smallest absolute Gasteiger partial charge is 0.237 e. The van der Waals surface area contributed by atoms with Gasteiger partial charge in [0.15, 0.2) is 0 Å².